The van der Waals surface area contributed by atoms with E-state index in [2.05, 4.69) is 4.72 Å². The van der Waals surface area contributed by atoms with E-state index < -0.39 is 16.1 Å². The Kier molecular flexibility index (Phi) is 4.24. The summed E-state index contributed by atoms with van der Waals surface area (Å²) in [5, 5.41) is 0.959. The van der Waals surface area contributed by atoms with Crippen molar-refractivity contribution < 1.29 is 12.8 Å². The maximum absolute atomic E-state index is 12.5. The van der Waals surface area contributed by atoms with Crippen LogP contribution in [-0.4, -0.2) is 8.42 Å². The molecule has 1 atom stereocenters. The van der Waals surface area contributed by atoms with Crippen molar-refractivity contribution >= 4 is 21.0 Å². The summed E-state index contributed by atoms with van der Waals surface area (Å²) >= 11 is 0. The van der Waals surface area contributed by atoms with Crippen LogP contribution in [0.2, 0.25) is 0 Å². The molecule has 5 heteroatoms. The molecule has 0 unspecified atom stereocenters. The Bertz CT molecular complexity index is 878. The molecule has 23 heavy (non-hydrogen) atoms. The molecule has 120 valence electrons. The molecule has 2 aromatic carbocycles. The molecule has 3 aromatic rings. The molecule has 0 spiro atoms. The number of para-hydroxylation sites is 1. The van der Waals surface area contributed by atoms with Gasteiger partial charge in [0.2, 0.25) is 10.0 Å². The number of furan rings is 1. The molecule has 0 aliphatic carbocycles. The summed E-state index contributed by atoms with van der Waals surface area (Å²) in [6.07, 6.45) is 0.878. The Morgan fingerprint density at radius 1 is 1.09 bits per heavy atom. The van der Waals surface area contributed by atoms with E-state index in [1.165, 1.54) is 0 Å². The highest BCUT2D eigenvalue weighted by Crippen LogP contribution is 2.25. The monoisotopic (exact) mass is 329 g/mol. The summed E-state index contributed by atoms with van der Waals surface area (Å²) in [7, 11) is -3.58. The van der Waals surface area contributed by atoms with Crippen LogP contribution in [0.25, 0.3) is 11.0 Å². The van der Waals surface area contributed by atoms with Crippen LogP contribution in [0.5, 0.6) is 0 Å². The Hall–Kier alpha value is -2.11. The van der Waals surface area contributed by atoms with Gasteiger partial charge in [0.1, 0.15) is 11.3 Å². The van der Waals surface area contributed by atoms with Gasteiger partial charge in [-0.1, -0.05) is 37.3 Å². The van der Waals surface area contributed by atoms with Gasteiger partial charge in [0, 0.05) is 5.39 Å². The van der Waals surface area contributed by atoms with E-state index in [-0.39, 0.29) is 4.90 Å². The fourth-order valence-corrected chi connectivity index (χ4v) is 3.69. The number of aryl methyl sites for hydroxylation is 1. The lowest BCUT2D eigenvalue weighted by atomic mass is 10.2. The molecule has 0 aliphatic rings. The number of sulfonamides is 1. The molecule has 0 radical (unpaired) electrons. The summed E-state index contributed by atoms with van der Waals surface area (Å²) in [6, 6.07) is 16.0. The lowest BCUT2D eigenvalue weighted by Gasteiger charge is -2.12. The number of nitrogens with one attached hydrogen (secondary N) is 1. The summed E-state index contributed by atoms with van der Waals surface area (Å²) in [4.78, 5) is 0.262. The zero-order valence-corrected chi connectivity index (χ0v) is 13.9. The fourth-order valence-electron chi connectivity index (χ4n) is 2.48. The minimum atomic E-state index is -3.58. The van der Waals surface area contributed by atoms with Crippen LogP contribution in [0.4, 0.5) is 0 Å². The van der Waals surface area contributed by atoms with Gasteiger partial charge in [-0.05, 0) is 43.2 Å². The summed E-state index contributed by atoms with van der Waals surface area (Å²) < 4.78 is 33.3. The van der Waals surface area contributed by atoms with Crippen molar-refractivity contribution in [1.82, 2.24) is 4.72 Å². The third-order valence-corrected chi connectivity index (χ3v) is 5.40. The molecule has 0 amide bonds. The average Bonchev–Trinajstić information content (AvgIpc) is 2.99. The second-order valence-electron chi connectivity index (χ2n) is 5.53. The Morgan fingerprint density at radius 2 is 1.78 bits per heavy atom. The third kappa shape index (κ3) is 3.30. The van der Waals surface area contributed by atoms with Gasteiger partial charge in [0.25, 0.3) is 0 Å². The zero-order valence-electron chi connectivity index (χ0n) is 13.1. The predicted octanol–water partition coefficient (Wildman–Crippen LogP) is 4.03. The number of fused-ring (bicyclic) bond motifs is 1. The van der Waals surface area contributed by atoms with E-state index in [4.69, 9.17) is 4.42 Å². The summed E-state index contributed by atoms with van der Waals surface area (Å²) in [6.45, 7) is 3.81. The highest BCUT2D eigenvalue weighted by Gasteiger charge is 2.20. The average molecular weight is 329 g/mol. The summed E-state index contributed by atoms with van der Waals surface area (Å²) in [5.74, 6) is 0.597. The van der Waals surface area contributed by atoms with Crippen molar-refractivity contribution in [2.24, 2.45) is 0 Å². The lowest BCUT2D eigenvalue weighted by molar-refractivity contribution is 0.484. The Morgan fingerprint density at radius 3 is 2.43 bits per heavy atom. The molecule has 0 saturated carbocycles. The van der Waals surface area contributed by atoms with E-state index in [0.717, 1.165) is 23.0 Å². The molecule has 4 nitrogen and oxygen atoms in total. The van der Waals surface area contributed by atoms with Gasteiger partial charge < -0.3 is 4.42 Å². The standard InChI is InChI=1S/C18H19NO3S/c1-3-14-8-10-16(11-9-14)23(20,21)19-13(2)18-12-15-6-4-5-7-17(15)22-18/h4-13,19H,3H2,1-2H3/t13-/m0/s1. The predicted molar refractivity (Wildman–Crippen MR) is 90.8 cm³/mol. The normalized spacial score (nSPS) is 13.3. The van der Waals surface area contributed by atoms with Gasteiger partial charge in [0.05, 0.1) is 10.9 Å². The van der Waals surface area contributed by atoms with Crippen molar-refractivity contribution in [3.8, 4) is 0 Å². The molecular formula is C18H19NO3S. The van der Waals surface area contributed by atoms with E-state index in [0.29, 0.717) is 5.76 Å². The highest BCUT2D eigenvalue weighted by atomic mass is 32.2. The van der Waals surface area contributed by atoms with E-state index >= 15 is 0 Å². The topological polar surface area (TPSA) is 59.3 Å². The van der Waals surface area contributed by atoms with Crippen LogP contribution in [-0.2, 0) is 16.4 Å². The first kappa shape index (κ1) is 15.8. The van der Waals surface area contributed by atoms with Crippen molar-refractivity contribution in [1.29, 1.82) is 0 Å². The van der Waals surface area contributed by atoms with Gasteiger partial charge in [0.15, 0.2) is 0 Å². The first-order chi connectivity index (χ1) is 11.0. The molecular weight excluding hydrogens is 310 g/mol. The Balaban J connectivity index is 1.83. The summed E-state index contributed by atoms with van der Waals surface area (Å²) in [5.41, 5.74) is 1.86. The number of rotatable bonds is 5. The molecule has 0 fully saturated rings. The number of hydrogen-bond acceptors (Lipinski definition) is 3. The third-order valence-electron chi connectivity index (χ3n) is 3.85. The van der Waals surface area contributed by atoms with Gasteiger partial charge in [-0.2, -0.15) is 0 Å². The van der Waals surface area contributed by atoms with E-state index in [1.54, 1.807) is 19.1 Å². The fraction of sp³-hybridized carbons (Fsp3) is 0.222. The SMILES string of the molecule is CCc1ccc(S(=O)(=O)N[C@@H](C)c2cc3ccccc3o2)cc1. The largest absolute Gasteiger partial charge is 0.459 e. The van der Waals surface area contributed by atoms with Crippen molar-refractivity contribution in [2.75, 3.05) is 0 Å². The maximum Gasteiger partial charge on any atom is 0.241 e. The number of benzene rings is 2. The van der Waals surface area contributed by atoms with Crippen LogP contribution in [0.15, 0.2) is 63.9 Å². The molecule has 1 N–H and O–H groups in total. The first-order valence-electron chi connectivity index (χ1n) is 7.59. The number of hydrogen-bond donors (Lipinski definition) is 1. The van der Waals surface area contributed by atoms with Gasteiger partial charge in [-0.25, -0.2) is 13.1 Å². The minimum absolute atomic E-state index is 0.262. The van der Waals surface area contributed by atoms with Crippen molar-refractivity contribution in [3.05, 3.63) is 65.9 Å². The maximum atomic E-state index is 12.5. The van der Waals surface area contributed by atoms with Crippen LogP contribution in [0.1, 0.15) is 31.2 Å². The van der Waals surface area contributed by atoms with Crippen LogP contribution < -0.4 is 4.72 Å². The van der Waals surface area contributed by atoms with E-state index in [9.17, 15) is 8.42 Å². The second kappa shape index (κ2) is 6.18. The zero-order chi connectivity index (χ0) is 16.4. The molecule has 1 heterocycles. The van der Waals surface area contributed by atoms with Crippen molar-refractivity contribution in [2.45, 2.75) is 31.2 Å². The molecule has 0 bridgehead atoms. The van der Waals surface area contributed by atoms with Crippen LogP contribution >= 0.6 is 0 Å². The van der Waals surface area contributed by atoms with Gasteiger partial charge in [-0.15, -0.1) is 0 Å². The molecule has 0 saturated heterocycles. The minimum Gasteiger partial charge on any atom is -0.459 e. The Labute approximate surface area is 136 Å². The highest BCUT2D eigenvalue weighted by molar-refractivity contribution is 7.89. The van der Waals surface area contributed by atoms with Gasteiger partial charge in [-0.3, -0.25) is 0 Å². The lowest BCUT2D eigenvalue weighted by Crippen LogP contribution is -2.26. The molecule has 0 aliphatic heterocycles. The quantitative estimate of drug-likeness (QED) is 0.768. The van der Waals surface area contributed by atoms with Crippen molar-refractivity contribution in [3.63, 3.8) is 0 Å². The van der Waals surface area contributed by atoms with E-state index in [1.807, 2.05) is 49.4 Å². The van der Waals surface area contributed by atoms with Crippen LogP contribution in [0.3, 0.4) is 0 Å². The van der Waals surface area contributed by atoms with Gasteiger partial charge >= 0.3 is 0 Å². The second-order valence-corrected chi connectivity index (χ2v) is 7.24. The smallest absolute Gasteiger partial charge is 0.241 e. The van der Waals surface area contributed by atoms with Crippen LogP contribution in [0, 0.1) is 0 Å². The molecule has 1 aromatic heterocycles. The first-order valence-corrected chi connectivity index (χ1v) is 9.07. The molecule has 3 rings (SSSR count).